The van der Waals surface area contributed by atoms with Gasteiger partial charge in [0, 0.05) is 17.3 Å². The molecular formula is C19H13FN2O3. The minimum absolute atomic E-state index is 0.0945. The predicted octanol–water partition coefficient (Wildman–Crippen LogP) is 3.37. The number of hydrogen-bond donors (Lipinski definition) is 0. The summed E-state index contributed by atoms with van der Waals surface area (Å²) < 4.78 is 18.1. The van der Waals surface area contributed by atoms with Crippen molar-refractivity contribution in [3.05, 3.63) is 89.3 Å². The second kappa shape index (κ2) is 7.00. The van der Waals surface area contributed by atoms with E-state index in [0.717, 1.165) is 0 Å². The number of nitrogens with zero attached hydrogens (tertiary/aromatic N) is 2. The molecule has 0 saturated carbocycles. The van der Waals surface area contributed by atoms with Gasteiger partial charge in [-0.25, -0.2) is 14.2 Å². The first-order valence-corrected chi connectivity index (χ1v) is 7.44. The van der Waals surface area contributed by atoms with E-state index in [0.29, 0.717) is 16.8 Å². The molecule has 3 rings (SSSR count). The molecular weight excluding hydrogens is 323 g/mol. The highest BCUT2D eigenvalue weighted by molar-refractivity contribution is 6.09. The summed E-state index contributed by atoms with van der Waals surface area (Å²) in [5.74, 6) is -1.01. The van der Waals surface area contributed by atoms with E-state index in [-0.39, 0.29) is 17.2 Å². The molecule has 0 unspecified atom stereocenters. The number of benzene rings is 2. The summed E-state index contributed by atoms with van der Waals surface area (Å²) >= 11 is 0. The van der Waals surface area contributed by atoms with Crippen LogP contribution in [0.5, 0.6) is 5.75 Å². The summed E-state index contributed by atoms with van der Waals surface area (Å²) in [5.41, 5.74) is 1.57. The maximum absolute atomic E-state index is 12.9. The molecule has 0 atom stereocenters. The number of carbonyl (C=O) groups is 2. The molecule has 0 amide bonds. The van der Waals surface area contributed by atoms with E-state index >= 15 is 0 Å². The standard InChI is InChI=1S/C19H13FN2O3/c1-12-10-22-17(11-21-12)19(24)25-16-8-4-14(5-9-16)18(23)13-2-6-15(20)7-3-13/h2-11H,1H3. The third-order valence-electron chi connectivity index (χ3n) is 3.42. The quantitative estimate of drug-likeness (QED) is 0.415. The lowest BCUT2D eigenvalue weighted by molar-refractivity contribution is 0.0728. The van der Waals surface area contributed by atoms with Gasteiger partial charge in [0.2, 0.25) is 0 Å². The van der Waals surface area contributed by atoms with Crippen LogP contribution in [0.15, 0.2) is 60.9 Å². The highest BCUT2D eigenvalue weighted by atomic mass is 19.1. The van der Waals surface area contributed by atoms with Crippen molar-refractivity contribution in [2.45, 2.75) is 6.92 Å². The van der Waals surface area contributed by atoms with Gasteiger partial charge in [0.05, 0.1) is 11.9 Å². The molecule has 25 heavy (non-hydrogen) atoms. The van der Waals surface area contributed by atoms with Gasteiger partial charge in [-0.1, -0.05) is 0 Å². The Kier molecular flexibility index (Phi) is 4.61. The zero-order valence-corrected chi connectivity index (χ0v) is 13.3. The fourth-order valence-corrected chi connectivity index (χ4v) is 2.10. The van der Waals surface area contributed by atoms with E-state index in [9.17, 15) is 14.0 Å². The molecule has 0 fully saturated rings. The molecule has 5 nitrogen and oxygen atoms in total. The Balaban J connectivity index is 1.71. The van der Waals surface area contributed by atoms with Gasteiger partial charge in [-0.2, -0.15) is 0 Å². The second-order valence-electron chi connectivity index (χ2n) is 5.29. The lowest BCUT2D eigenvalue weighted by Gasteiger charge is -2.05. The minimum Gasteiger partial charge on any atom is -0.422 e. The Bertz CT molecular complexity index is 905. The minimum atomic E-state index is -0.634. The molecule has 0 aliphatic carbocycles. The average molecular weight is 336 g/mol. The lowest BCUT2D eigenvalue weighted by Crippen LogP contribution is -2.11. The Hall–Kier alpha value is -3.41. The number of rotatable bonds is 4. The Labute approximate surface area is 143 Å². The van der Waals surface area contributed by atoms with Crippen molar-refractivity contribution in [2.24, 2.45) is 0 Å². The van der Waals surface area contributed by atoms with Crippen molar-refractivity contribution in [3.8, 4) is 5.75 Å². The van der Waals surface area contributed by atoms with Gasteiger partial charge in [0.25, 0.3) is 0 Å². The maximum atomic E-state index is 12.9. The summed E-state index contributed by atoms with van der Waals surface area (Å²) in [5, 5.41) is 0. The first kappa shape index (κ1) is 16.4. The average Bonchev–Trinajstić information content (AvgIpc) is 2.63. The van der Waals surface area contributed by atoms with Crippen LogP contribution in [-0.2, 0) is 0 Å². The van der Waals surface area contributed by atoms with E-state index in [4.69, 9.17) is 4.74 Å². The zero-order chi connectivity index (χ0) is 17.8. The van der Waals surface area contributed by atoms with Crippen LogP contribution >= 0.6 is 0 Å². The van der Waals surface area contributed by atoms with Crippen LogP contribution in [0, 0.1) is 12.7 Å². The highest BCUT2D eigenvalue weighted by Crippen LogP contribution is 2.17. The molecule has 3 aromatic rings. The van der Waals surface area contributed by atoms with Crippen molar-refractivity contribution < 1.29 is 18.7 Å². The summed E-state index contributed by atoms with van der Waals surface area (Å²) in [6, 6.07) is 11.4. The number of ketones is 1. The lowest BCUT2D eigenvalue weighted by atomic mass is 10.0. The monoisotopic (exact) mass is 336 g/mol. The number of hydrogen-bond acceptors (Lipinski definition) is 5. The fourth-order valence-electron chi connectivity index (χ4n) is 2.10. The largest absolute Gasteiger partial charge is 0.422 e. The molecule has 1 heterocycles. The fraction of sp³-hybridized carbons (Fsp3) is 0.0526. The van der Waals surface area contributed by atoms with Crippen molar-refractivity contribution in [1.82, 2.24) is 9.97 Å². The van der Waals surface area contributed by atoms with E-state index in [1.807, 2.05) is 0 Å². The number of carbonyl (C=O) groups excluding carboxylic acids is 2. The third kappa shape index (κ3) is 3.92. The van der Waals surface area contributed by atoms with E-state index in [1.54, 1.807) is 6.92 Å². The van der Waals surface area contributed by atoms with Gasteiger partial charge in [-0.15, -0.1) is 0 Å². The summed E-state index contributed by atoms with van der Waals surface area (Å²) in [6.45, 7) is 1.76. The van der Waals surface area contributed by atoms with Crippen LogP contribution in [0.4, 0.5) is 4.39 Å². The first-order valence-electron chi connectivity index (χ1n) is 7.44. The Morgan fingerprint density at radius 1 is 0.880 bits per heavy atom. The molecule has 0 radical (unpaired) electrons. The van der Waals surface area contributed by atoms with Gasteiger partial charge >= 0.3 is 5.97 Å². The van der Waals surface area contributed by atoms with Gasteiger partial charge in [0.15, 0.2) is 11.5 Å². The van der Waals surface area contributed by atoms with Crippen LogP contribution in [-0.4, -0.2) is 21.7 Å². The number of aromatic nitrogens is 2. The highest BCUT2D eigenvalue weighted by Gasteiger charge is 2.12. The molecule has 0 spiro atoms. The summed E-state index contributed by atoms with van der Waals surface area (Å²) in [6.07, 6.45) is 2.81. The van der Waals surface area contributed by atoms with Crippen LogP contribution in [0.1, 0.15) is 32.1 Å². The van der Waals surface area contributed by atoms with Crippen molar-refractivity contribution in [2.75, 3.05) is 0 Å². The van der Waals surface area contributed by atoms with E-state index in [1.165, 1.54) is 60.9 Å². The van der Waals surface area contributed by atoms with E-state index in [2.05, 4.69) is 9.97 Å². The second-order valence-corrected chi connectivity index (χ2v) is 5.29. The van der Waals surface area contributed by atoms with Crippen molar-refractivity contribution in [1.29, 1.82) is 0 Å². The van der Waals surface area contributed by atoms with Crippen LogP contribution in [0.3, 0.4) is 0 Å². The molecule has 0 bridgehead atoms. The SMILES string of the molecule is Cc1cnc(C(=O)Oc2ccc(C(=O)c3ccc(F)cc3)cc2)cn1. The number of ether oxygens (including phenoxy) is 1. The normalized spacial score (nSPS) is 10.3. The van der Waals surface area contributed by atoms with Crippen LogP contribution in [0.25, 0.3) is 0 Å². The number of aryl methyl sites for hydroxylation is 1. The zero-order valence-electron chi connectivity index (χ0n) is 13.3. The summed E-state index contributed by atoms with van der Waals surface area (Å²) in [7, 11) is 0. The molecule has 0 aliphatic heterocycles. The molecule has 2 aromatic carbocycles. The van der Waals surface area contributed by atoms with Gasteiger partial charge < -0.3 is 4.74 Å². The molecule has 0 aliphatic rings. The molecule has 1 aromatic heterocycles. The van der Waals surface area contributed by atoms with Crippen molar-refractivity contribution in [3.63, 3.8) is 0 Å². The summed E-state index contributed by atoms with van der Waals surface area (Å²) in [4.78, 5) is 32.2. The molecule has 0 saturated heterocycles. The topological polar surface area (TPSA) is 69.2 Å². The Morgan fingerprint density at radius 2 is 1.48 bits per heavy atom. The third-order valence-corrected chi connectivity index (χ3v) is 3.42. The molecule has 6 heteroatoms. The van der Waals surface area contributed by atoms with Crippen LogP contribution < -0.4 is 4.74 Å². The predicted molar refractivity (Wildman–Crippen MR) is 88.0 cm³/mol. The first-order chi connectivity index (χ1) is 12.0. The van der Waals surface area contributed by atoms with Gasteiger partial charge in [0.1, 0.15) is 11.6 Å². The van der Waals surface area contributed by atoms with Gasteiger partial charge in [-0.3, -0.25) is 9.78 Å². The smallest absolute Gasteiger partial charge is 0.363 e. The molecule has 124 valence electrons. The maximum Gasteiger partial charge on any atom is 0.363 e. The number of halogens is 1. The Morgan fingerprint density at radius 3 is 2.04 bits per heavy atom. The number of esters is 1. The van der Waals surface area contributed by atoms with Crippen molar-refractivity contribution >= 4 is 11.8 Å². The van der Waals surface area contributed by atoms with Gasteiger partial charge in [-0.05, 0) is 55.5 Å². The van der Waals surface area contributed by atoms with E-state index < -0.39 is 11.8 Å². The van der Waals surface area contributed by atoms with Crippen LogP contribution in [0.2, 0.25) is 0 Å². The molecule has 0 N–H and O–H groups in total.